The van der Waals surface area contributed by atoms with E-state index in [1.807, 2.05) is 7.05 Å². The van der Waals surface area contributed by atoms with Gasteiger partial charge in [0.2, 0.25) is 0 Å². The Balaban J connectivity index is 2.85. The van der Waals surface area contributed by atoms with Crippen molar-refractivity contribution in [3.05, 3.63) is 22.9 Å². The summed E-state index contributed by atoms with van der Waals surface area (Å²) in [5, 5.41) is 6.75. The largest absolute Gasteiger partial charge is 0.370 e. The van der Waals surface area contributed by atoms with Gasteiger partial charge in [0.05, 0.1) is 0 Å². The number of nitrogens with zero attached hydrogens (tertiary/aromatic N) is 1. The average molecular weight is 249 g/mol. The minimum Gasteiger partial charge on any atom is -0.370 e. The molecule has 0 fully saturated rings. The third kappa shape index (κ3) is 3.98. The summed E-state index contributed by atoms with van der Waals surface area (Å²) in [6, 6.07) is 2.15. The number of anilines is 1. The lowest BCUT2D eigenvalue weighted by atomic mass is 10.0. The first-order chi connectivity index (χ1) is 8.62. The van der Waals surface area contributed by atoms with E-state index in [9.17, 15) is 0 Å². The molecule has 0 unspecified atom stereocenters. The summed E-state index contributed by atoms with van der Waals surface area (Å²) in [4.78, 5) is 4.64. The maximum atomic E-state index is 4.64. The topological polar surface area (TPSA) is 37.0 Å². The monoisotopic (exact) mass is 249 g/mol. The Labute approximate surface area is 111 Å². The van der Waals surface area contributed by atoms with Crippen molar-refractivity contribution in [3.63, 3.8) is 0 Å². The van der Waals surface area contributed by atoms with Gasteiger partial charge in [0.25, 0.3) is 0 Å². The fraction of sp³-hybridized carbons (Fsp3) is 0.667. The number of nitrogens with one attached hydrogen (secondary N) is 2. The zero-order valence-electron chi connectivity index (χ0n) is 12.4. The molecule has 0 spiro atoms. The van der Waals surface area contributed by atoms with E-state index in [0.29, 0.717) is 0 Å². The Kier molecular flexibility index (Phi) is 6.13. The van der Waals surface area contributed by atoms with Crippen LogP contribution in [0.4, 0.5) is 5.82 Å². The minimum absolute atomic E-state index is 0.732. The Morgan fingerprint density at radius 3 is 2.44 bits per heavy atom. The van der Waals surface area contributed by atoms with Crippen LogP contribution in [0.3, 0.4) is 0 Å². The molecule has 0 atom stereocenters. The van der Waals surface area contributed by atoms with E-state index in [-0.39, 0.29) is 0 Å². The second-order valence-corrected chi connectivity index (χ2v) is 5.00. The molecule has 0 saturated heterocycles. The van der Waals surface area contributed by atoms with Crippen LogP contribution in [0.15, 0.2) is 6.07 Å². The summed E-state index contributed by atoms with van der Waals surface area (Å²) >= 11 is 0. The molecule has 0 radical (unpaired) electrons. The Morgan fingerprint density at radius 1 is 1.22 bits per heavy atom. The predicted molar refractivity (Wildman–Crippen MR) is 79.0 cm³/mol. The quantitative estimate of drug-likeness (QED) is 0.779. The van der Waals surface area contributed by atoms with Gasteiger partial charge in [-0.25, -0.2) is 4.98 Å². The summed E-state index contributed by atoms with van der Waals surface area (Å²) in [6.45, 7) is 10.6. The highest BCUT2D eigenvalue weighted by atomic mass is 15.0. The van der Waals surface area contributed by atoms with E-state index in [2.05, 4.69) is 49.4 Å². The smallest absolute Gasteiger partial charge is 0.131 e. The van der Waals surface area contributed by atoms with Crippen LogP contribution in [0.25, 0.3) is 0 Å². The van der Waals surface area contributed by atoms with Crippen LogP contribution in [0, 0.1) is 19.8 Å². The summed E-state index contributed by atoms with van der Waals surface area (Å²) in [6.07, 6.45) is 2.44. The first kappa shape index (κ1) is 15.0. The molecule has 0 aliphatic carbocycles. The van der Waals surface area contributed by atoms with Crippen LogP contribution in [-0.2, 0) is 6.54 Å². The van der Waals surface area contributed by atoms with Gasteiger partial charge in [-0.05, 0) is 38.4 Å². The fourth-order valence-corrected chi connectivity index (χ4v) is 2.23. The first-order valence-electron chi connectivity index (χ1n) is 6.97. The van der Waals surface area contributed by atoms with E-state index in [1.54, 1.807) is 0 Å². The van der Waals surface area contributed by atoms with Crippen molar-refractivity contribution in [1.82, 2.24) is 10.3 Å². The maximum absolute atomic E-state index is 4.64. The highest BCUT2D eigenvalue weighted by molar-refractivity contribution is 5.49. The number of hydrogen-bond donors (Lipinski definition) is 2. The molecular formula is C15H27N3. The summed E-state index contributed by atoms with van der Waals surface area (Å²) < 4.78 is 0. The predicted octanol–water partition coefficient (Wildman–Crippen LogP) is 3.27. The molecule has 0 saturated carbocycles. The van der Waals surface area contributed by atoms with Gasteiger partial charge in [-0.1, -0.05) is 26.7 Å². The number of aryl methyl sites for hydroxylation is 2. The van der Waals surface area contributed by atoms with Gasteiger partial charge in [-0.3, -0.25) is 0 Å². The van der Waals surface area contributed by atoms with Crippen LogP contribution >= 0.6 is 0 Å². The summed E-state index contributed by atoms with van der Waals surface area (Å²) in [5.41, 5.74) is 3.68. The average Bonchev–Trinajstić information content (AvgIpc) is 2.34. The molecule has 3 nitrogen and oxygen atoms in total. The minimum atomic E-state index is 0.732. The normalized spacial score (nSPS) is 11.0. The zero-order valence-corrected chi connectivity index (χ0v) is 12.4. The van der Waals surface area contributed by atoms with Crippen molar-refractivity contribution < 1.29 is 0 Å². The van der Waals surface area contributed by atoms with Crippen molar-refractivity contribution in [3.8, 4) is 0 Å². The van der Waals surface area contributed by atoms with Gasteiger partial charge in [0, 0.05) is 24.3 Å². The van der Waals surface area contributed by atoms with Crippen molar-refractivity contribution >= 4 is 5.82 Å². The lowest BCUT2D eigenvalue weighted by Gasteiger charge is -2.18. The van der Waals surface area contributed by atoms with Crippen LogP contribution in [0.1, 0.15) is 43.5 Å². The van der Waals surface area contributed by atoms with Crippen molar-refractivity contribution in [2.24, 2.45) is 5.92 Å². The third-order valence-electron chi connectivity index (χ3n) is 3.54. The van der Waals surface area contributed by atoms with Gasteiger partial charge in [0.15, 0.2) is 0 Å². The summed E-state index contributed by atoms with van der Waals surface area (Å²) in [5.74, 6) is 1.78. The molecule has 1 rings (SSSR count). The highest BCUT2D eigenvalue weighted by Crippen LogP contribution is 2.19. The molecule has 1 aromatic heterocycles. The molecular weight excluding hydrogens is 222 g/mol. The Morgan fingerprint density at radius 2 is 1.89 bits per heavy atom. The van der Waals surface area contributed by atoms with Gasteiger partial charge in [-0.2, -0.15) is 0 Å². The van der Waals surface area contributed by atoms with Gasteiger partial charge >= 0.3 is 0 Å². The van der Waals surface area contributed by atoms with E-state index < -0.39 is 0 Å². The molecule has 18 heavy (non-hydrogen) atoms. The van der Waals surface area contributed by atoms with Gasteiger partial charge in [0.1, 0.15) is 5.82 Å². The fourth-order valence-electron chi connectivity index (χ4n) is 2.23. The van der Waals surface area contributed by atoms with Crippen LogP contribution < -0.4 is 10.6 Å². The molecule has 0 aliphatic rings. The number of aromatic nitrogens is 1. The van der Waals surface area contributed by atoms with Crippen LogP contribution in [0.2, 0.25) is 0 Å². The second kappa shape index (κ2) is 7.37. The SMILES string of the molecule is CCC(CC)CNc1nc(C)cc(C)c1CNC. The van der Waals surface area contributed by atoms with Crippen molar-refractivity contribution in [1.29, 1.82) is 0 Å². The van der Waals surface area contributed by atoms with Crippen LogP contribution in [-0.4, -0.2) is 18.6 Å². The first-order valence-corrected chi connectivity index (χ1v) is 6.97. The number of hydrogen-bond acceptors (Lipinski definition) is 3. The van der Waals surface area contributed by atoms with Crippen LogP contribution in [0.5, 0.6) is 0 Å². The molecule has 3 heteroatoms. The molecule has 0 amide bonds. The lowest BCUT2D eigenvalue weighted by molar-refractivity contribution is 0.518. The molecule has 1 aromatic rings. The molecule has 1 heterocycles. The molecule has 0 aromatic carbocycles. The molecule has 2 N–H and O–H groups in total. The maximum Gasteiger partial charge on any atom is 0.131 e. The van der Waals surface area contributed by atoms with E-state index in [1.165, 1.54) is 24.0 Å². The van der Waals surface area contributed by atoms with Crippen molar-refractivity contribution in [2.45, 2.75) is 47.1 Å². The Bertz CT molecular complexity index is 370. The number of rotatable bonds is 7. The van der Waals surface area contributed by atoms with E-state index in [4.69, 9.17) is 0 Å². The lowest BCUT2D eigenvalue weighted by Crippen LogP contribution is -2.17. The Hall–Kier alpha value is -1.09. The molecule has 0 aliphatic heterocycles. The van der Waals surface area contributed by atoms with Crippen molar-refractivity contribution in [2.75, 3.05) is 18.9 Å². The second-order valence-electron chi connectivity index (χ2n) is 5.00. The van der Waals surface area contributed by atoms with Gasteiger partial charge in [-0.15, -0.1) is 0 Å². The zero-order chi connectivity index (χ0) is 13.5. The number of pyridine rings is 1. The third-order valence-corrected chi connectivity index (χ3v) is 3.54. The molecule has 0 bridgehead atoms. The van der Waals surface area contributed by atoms with Gasteiger partial charge < -0.3 is 10.6 Å². The van der Waals surface area contributed by atoms with E-state index >= 15 is 0 Å². The highest BCUT2D eigenvalue weighted by Gasteiger charge is 2.10. The standard InChI is InChI=1S/C15H27N3/c1-6-13(7-2)9-17-15-14(10-16-5)11(3)8-12(4)18-15/h8,13,16H,6-7,9-10H2,1-5H3,(H,17,18). The van der Waals surface area contributed by atoms with E-state index in [0.717, 1.165) is 30.5 Å². The summed E-state index contributed by atoms with van der Waals surface area (Å²) in [7, 11) is 1.98. The molecule has 102 valence electrons.